The summed E-state index contributed by atoms with van der Waals surface area (Å²) < 4.78 is 47.5. The Morgan fingerprint density at radius 3 is 2.60 bits per heavy atom. The van der Waals surface area contributed by atoms with Gasteiger partial charge in [0, 0.05) is 18.8 Å². The summed E-state index contributed by atoms with van der Waals surface area (Å²) in [6.45, 7) is 0.581. The molecular weight excluding hydrogens is 399 g/mol. The fraction of sp³-hybridized carbons (Fsp3) is 0.381. The molecule has 1 spiro atoms. The molecule has 0 bridgehead atoms. The number of halogens is 3. The van der Waals surface area contributed by atoms with Crippen molar-refractivity contribution in [3.8, 4) is 0 Å². The molecule has 6 nitrogen and oxygen atoms in total. The van der Waals surface area contributed by atoms with Gasteiger partial charge in [-0.25, -0.2) is 13.2 Å². The standard InChI is InChI=1S/C21H20F3N3O3/c22-14-3-1-4-15(9-14)27-13-21(30-12-18(27)28)5-2-7-26(8-6-21)20(29)19-16(23)10-25-11-17(19)24/h1,3-4,9-11H,2,5-8,12-13H2. The van der Waals surface area contributed by atoms with Gasteiger partial charge in [-0.3, -0.25) is 14.6 Å². The minimum absolute atomic E-state index is 0.155. The first-order valence-corrected chi connectivity index (χ1v) is 9.67. The zero-order valence-electron chi connectivity index (χ0n) is 16.1. The second-order valence-electron chi connectivity index (χ2n) is 7.56. The lowest BCUT2D eigenvalue weighted by Crippen LogP contribution is -2.55. The predicted molar refractivity (Wildman–Crippen MR) is 101 cm³/mol. The molecule has 2 aromatic rings. The number of hydrogen-bond donors (Lipinski definition) is 0. The Labute approximate surface area is 171 Å². The monoisotopic (exact) mass is 419 g/mol. The maximum Gasteiger partial charge on any atom is 0.259 e. The highest BCUT2D eigenvalue weighted by atomic mass is 19.1. The van der Waals surface area contributed by atoms with E-state index in [0.717, 1.165) is 12.4 Å². The van der Waals surface area contributed by atoms with Gasteiger partial charge < -0.3 is 14.5 Å². The Bertz CT molecular complexity index is 967. The summed E-state index contributed by atoms with van der Waals surface area (Å²) >= 11 is 0. The van der Waals surface area contributed by atoms with E-state index >= 15 is 0 Å². The number of carbonyl (C=O) groups excluding carboxylic acids is 2. The zero-order valence-corrected chi connectivity index (χ0v) is 16.1. The summed E-state index contributed by atoms with van der Waals surface area (Å²) in [5.41, 5.74) is -0.896. The fourth-order valence-electron chi connectivity index (χ4n) is 4.04. The summed E-state index contributed by atoms with van der Waals surface area (Å²) in [5, 5.41) is 0. The molecule has 0 N–H and O–H groups in total. The van der Waals surface area contributed by atoms with Crippen molar-refractivity contribution in [2.45, 2.75) is 24.9 Å². The minimum atomic E-state index is -1.00. The Kier molecular flexibility index (Phi) is 5.46. The number of carbonyl (C=O) groups is 2. The van der Waals surface area contributed by atoms with Crippen molar-refractivity contribution in [2.24, 2.45) is 0 Å². The van der Waals surface area contributed by atoms with E-state index in [4.69, 9.17) is 4.74 Å². The highest BCUT2D eigenvalue weighted by Crippen LogP contribution is 2.33. The number of nitrogens with zero attached hydrogens (tertiary/aromatic N) is 3. The summed E-state index contributed by atoms with van der Waals surface area (Å²) in [4.78, 5) is 31.4. The molecule has 2 saturated heterocycles. The van der Waals surface area contributed by atoms with E-state index < -0.39 is 34.5 Å². The smallest absolute Gasteiger partial charge is 0.259 e. The minimum Gasteiger partial charge on any atom is -0.363 e. The van der Waals surface area contributed by atoms with Crippen LogP contribution >= 0.6 is 0 Å². The van der Waals surface area contributed by atoms with Gasteiger partial charge in [0.05, 0.1) is 24.5 Å². The van der Waals surface area contributed by atoms with Crippen LogP contribution in [0.25, 0.3) is 0 Å². The van der Waals surface area contributed by atoms with Crippen molar-refractivity contribution >= 4 is 17.5 Å². The highest BCUT2D eigenvalue weighted by molar-refractivity contribution is 5.95. The molecule has 3 heterocycles. The molecule has 158 valence electrons. The number of morpholine rings is 1. The van der Waals surface area contributed by atoms with Gasteiger partial charge in [0.2, 0.25) is 0 Å². The lowest BCUT2D eigenvalue weighted by atomic mass is 9.92. The zero-order chi connectivity index (χ0) is 21.3. The van der Waals surface area contributed by atoms with Crippen molar-refractivity contribution in [1.82, 2.24) is 9.88 Å². The molecule has 9 heteroatoms. The molecule has 1 aromatic carbocycles. The van der Waals surface area contributed by atoms with Gasteiger partial charge in [0.1, 0.15) is 18.0 Å². The molecule has 1 atom stereocenters. The Morgan fingerprint density at radius 2 is 1.87 bits per heavy atom. The van der Waals surface area contributed by atoms with Crippen LogP contribution in [0.4, 0.5) is 18.9 Å². The van der Waals surface area contributed by atoms with Gasteiger partial charge in [-0.1, -0.05) is 6.07 Å². The Hall–Kier alpha value is -2.94. The topological polar surface area (TPSA) is 62.7 Å². The number of aromatic nitrogens is 1. The van der Waals surface area contributed by atoms with Crippen LogP contribution in [-0.2, 0) is 9.53 Å². The van der Waals surface area contributed by atoms with Crippen molar-refractivity contribution < 1.29 is 27.5 Å². The molecular formula is C21H20F3N3O3. The summed E-state index contributed by atoms with van der Waals surface area (Å²) in [6, 6.07) is 5.78. The normalized spacial score (nSPS) is 22.3. The van der Waals surface area contributed by atoms with Crippen LogP contribution in [0, 0.1) is 17.5 Å². The van der Waals surface area contributed by atoms with E-state index in [-0.39, 0.29) is 25.6 Å². The number of rotatable bonds is 2. The van der Waals surface area contributed by atoms with E-state index in [1.54, 1.807) is 6.07 Å². The van der Waals surface area contributed by atoms with E-state index in [2.05, 4.69) is 4.98 Å². The second-order valence-corrected chi connectivity index (χ2v) is 7.56. The van der Waals surface area contributed by atoms with Gasteiger partial charge >= 0.3 is 0 Å². The third kappa shape index (κ3) is 3.89. The average molecular weight is 419 g/mol. The largest absolute Gasteiger partial charge is 0.363 e. The molecule has 0 radical (unpaired) electrons. The quantitative estimate of drug-likeness (QED) is 0.751. The predicted octanol–water partition coefficient (Wildman–Crippen LogP) is 2.93. The third-order valence-corrected chi connectivity index (χ3v) is 5.62. The number of likely N-dealkylation sites (tertiary alicyclic amines) is 1. The van der Waals surface area contributed by atoms with Gasteiger partial charge in [0.25, 0.3) is 11.8 Å². The molecule has 2 aliphatic heterocycles. The lowest BCUT2D eigenvalue weighted by molar-refractivity contribution is -0.140. The Morgan fingerprint density at radius 1 is 1.10 bits per heavy atom. The summed E-state index contributed by atoms with van der Waals surface area (Å²) in [6.07, 6.45) is 3.08. The second kappa shape index (κ2) is 8.06. The van der Waals surface area contributed by atoms with Crippen LogP contribution < -0.4 is 4.90 Å². The van der Waals surface area contributed by atoms with Crippen LogP contribution in [0.15, 0.2) is 36.7 Å². The van der Waals surface area contributed by atoms with E-state index in [0.29, 0.717) is 31.5 Å². The van der Waals surface area contributed by atoms with Gasteiger partial charge in [0.15, 0.2) is 11.6 Å². The van der Waals surface area contributed by atoms with Gasteiger partial charge in [-0.05, 0) is 37.5 Å². The Balaban J connectivity index is 1.52. The van der Waals surface area contributed by atoms with E-state index in [9.17, 15) is 22.8 Å². The average Bonchev–Trinajstić information content (AvgIpc) is 2.92. The van der Waals surface area contributed by atoms with Crippen molar-refractivity contribution in [3.63, 3.8) is 0 Å². The third-order valence-electron chi connectivity index (χ3n) is 5.62. The summed E-state index contributed by atoms with van der Waals surface area (Å²) in [5.74, 6) is -3.46. The van der Waals surface area contributed by atoms with Crippen LogP contribution in [0.1, 0.15) is 29.6 Å². The number of ether oxygens (including phenoxy) is 1. The van der Waals surface area contributed by atoms with Crippen molar-refractivity contribution in [3.05, 3.63) is 59.7 Å². The fourth-order valence-corrected chi connectivity index (χ4v) is 4.04. The molecule has 1 aromatic heterocycles. The molecule has 2 amide bonds. The van der Waals surface area contributed by atoms with Crippen molar-refractivity contribution in [2.75, 3.05) is 31.1 Å². The molecule has 2 aliphatic rings. The van der Waals surface area contributed by atoms with Crippen molar-refractivity contribution in [1.29, 1.82) is 0 Å². The SMILES string of the molecule is O=C(c1c(F)cncc1F)N1CCCC2(CC1)CN(c1cccc(F)c1)C(=O)CO2. The van der Waals surface area contributed by atoms with Crippen LogP contribution in [0.3, 0.4) is 0 Å². The van der Waals surface area contributed by atoms with Crippen LogP contribution in [-0.4, -0.2) is 53.5 Å². The molecule has 2 fully saturated rings. The van der Waals surface area contributed by atoms with E-state index in [1.165, 1.54) is 28.0 Å². The molecule has 30 heavy (non-hydrogen) atoms. The first-order chi connectivity index (χ1) is 14.4. The summed E-state index contributed by atoms with van der Waals surface area (Å²) in [7, 11) is 0. The van der Waals surface area contributed by atoms with Crippen LogP contribution in [0.5, 0.6) is 0 Å². The highest BCUT2D eigenvalue weighted by Gasteiger charge is 2.42. The van der Waals surface area contributed by atoms with Gasteiger partial charge in [-0.2, -0.15) is 0 Å². The number of amides is 2. The lowest BCUT2D eigenvalue weighted by Gasteiger charge is -2.42. The number of anilines is 1. The molecule has 4 rings (SSSR count). The number of pyridine rings is 1. The number of benzene rings is 1. The number of hydrogen-bond acceptors (Lipinski definition) is 4. The molecule has 0 saturated carbocycles. The van der Waals surface area contributed by atoms with Gasteiger partial charge in [-0.15, -0.1) is 0 Å². The molecule has 1 unspecified atom stereocenters. The van der Waals surface area contributed by atoms with E-state index in [1.807, 2.05) is 0 Å². The molecule has 0 aliphatic carbocycles. The first kappa shape index (κ1) is 20.3. The maximum atomic E-state index is 14.0. The van der Waals surface area contributed by atoms with Crippen LogP contribution in [0.2, 0.25) is 0 Å². The maximum absolute atomic E-state index is 14.0. The first-order valence-electron chi connectivity index (χ1n) is 9.67.